The second-order valence-electron chi connectivity index (χ2n) is 4.19. The molecular formula is C13H18N2O3. The number of carbonyl (C=O) groups excluding carboxylic acids is 2. The number of hydrogen-bond donors (Lipinski definition) is 0. The van der Waals surface area contributed by atoms with Crippen LogP contribution >= 0.6 is 0 Å². The van der Waals surface area contributed by atoms with E-state index in [-0.39, 0.29) is 17.8 Å². The van der Waals surface area contributed by atoms with Crippen molar-refractivity contribution in [3.63, 3.8) is 0 Å². The van der Waals surface area contributed by atoms with Gasteiger partial charge >= 0.3 is 5.97 Å². The van der Waals surface area contributed by atoms with Crippen LogP contribution in [0.5, 0.6) is 0 Å². The van der Waals surface area contributed by atoms with Crippen molar-refractivity contribution in [1.29, 1.82) is 0 Å². The first-order valence-corrected chi connectivity index (χ1v) is 5.76. The van der Waals surface area contributed by atoms with E-state index >= 15 is 0 Å². The van der Waals surface area contributed by atoms with Gasteiger partial charge in [-0.2, -0.15) is 0 Å². The number of hydrogen-bond acceptors (Lipinski definition) is 4. The van der Waals surface area contributed by atoms with Crippen molar-refractivity contribution >= 4 is 11.9 Å². The molecule has 1 atom stereocenters. The zero-order valence-electron chi connectivity index (χ0n) is 10.9. The average Bonchev–Trinajstić information content (AvgIpc) is 2.37. The molecule has 0 aromatic carbocycles. The van der Waals surface area contributed by atoms with Gasteiger partial charge in [0.1, 0.15) is 0 Å². The smallest absolute Gasteiger partial charge is 0.310 e. The molecule has 1 heterocycles. The molecule has 0 fully saturated rings. The molecule has 98 valence electrons. The lowest BCUT2D eigenvalue weighted by Crippen LogP contribution is -2.35. The molecule has 1 amide bonds. The predicted octanol–water partition coefficient (Wildman–Crippen LogP) is 1.24. The van der Waals surface area contributed by atoms with Gasteiger partial charge in [0.2, 0.25) is 5.91 Å². The van der Waals surface area contributed by atoms with Crippen molar-refractivity contribution in [3.05, 3.63) is 30.1 Å². The highest BCUT2D eigenvalue weighted by atomic mass is 16.5. The third-order valence-electron chi connectivity index (χ3n) is 2.64. The Morgan fingerprint density at radius 1 is 1.50 bits per heavy atom. The minimum absolute atomic E-state index is 0.0744. The third-order valence-corrected chi connectivity index (χ3v) is 2.64. The van der Waals surface area contributed by atoms with Gasteiger partial charge in [-0.25, -0.2) is 0 Å². The lowest BCUT2D eigenvalue weighted by Gasteiger charge is -2.23. The summed E-state index contributed by atoms with van der Waals surface area (Å²) in [6.07, 6.45) is 3.39. The summed E-state index contributed by atoms with van der Waals surface area (Å²) in [5.41, 5.74) is 0.935. The zero-order chi connectivity index (χ0) is 13.5. The standard InChI is InChI=1S/C13H18N2O3/c1-10(13(17)18-3)8-15(11(2)16)9-12-5-4-6-14-7-12/h4-7,10H,8-9H2,1-3H3. The van der Waals surface area contributed by atoms with E-state index in [9.17, 15) is 9.59 Å². The van der Waals surface area contributed by atoms with Crippen molar-refractivity contribution in [1.82, 2.24) is 9.88 Å². The molecule has 0 aliphatic rings. The Balaban J connectivity index is 2.67. The summed E-state index contributed by atoms with van der Waals surface area (Å²) in [6, 6.07) is 3.71. The summed E-state index contributed by atoms with van der Waals surface area (Å²) in [6.45, 7) is 4.02. The highest BCUT2D eigenvalue weighted by Crippen LogP contribution is 2.08. The molecule has 0 bridgehead atoms. The third kappa shape index (κ3) is 4.16. The first kappa shape index (κ1) is 14.2. The number of rotatable bonds is 5. The predicted molar refractivity (Wildman–Crippen MR) is 66.5 cm³/mol. The maximum atomic E-state index is 11.5. The number of pyridine rings is 1. The summed E-state index contributed by atoms with van der Waals surface area (Å²) in [5, 5.41) is 0. The molecule has 1 rings (SSSR count). The first-order valence-electron chi connectivity index (χ1n) is 5.76. The number of nitrogens with zero attached hydrogens (tertiary/aromatic N) is 2. The summed E-state index contributed by atoms with van der Waals surface area (Å²) in [4.78, 5) is 28.5. The molecule has 5 heteroatoms. The van der Waals surface area contributed by atoms with Crippen LogP contribution in [0.25, 0.3) is 0 Å². The molecule has 1 aromatic rings. The summed E-state index contributed by atoms with van der Waals surface area (Å²) in [5.74, 6) is -0.724. The van der Waals surface area contributed by atoms with Crippen LogP contribution in [0.15, 0.2) is 24.5 Å². The van der Waals surface area contributed by atoms with Crippen LogP contribution in [0, 0.1) is 5.92 Å². The van der Waals surface area contributed by atoms with Gasteiger partial charge in [-0.15, -0.1) is 0 Å². The number of methoxy groups -OCH3 is 1. The first-order chi connectivity index (χ1) is 8.54. The fourth-order valence-corrected chi connectivity index (χ4v) is 1.62. The van der Waals surface area contributed by atoms with Crippen LogP contribution in [-0.2, 0) is 20.9 Å². The number of esters is 1. The second-order valence-corrected chi connectivity index (χ2v) is 4.19. The molecule has 1 aromatic heterocycles. The fourth-order valence-electron chi connectivity index (χ4n) is 1.62. The Hall–Kier alpha value is -1.91. The van der Waals surface area contributed by atoms with Crippen molar-refractivity contribution < 1.29 is 14.3 Å². The van der Waals surface area contributed by atoms with E-state index < -0.39 is 0 Å². The van der Waals surface area contributed by atoms with Crippen LogP contribution in [0.2, 0.25) is 0 Å². The monoisotopic (exact) mass is 250 g/mol. The van der Waals surface area contributed by atoms with E-state index in [1.807, 2.05) is 12.1 Å². The van der Waals surface area contributed by atoms with Crippen LogP contribution in [-0.4, -0.2) is 35.4 Å². The topological polar surface area (TPSA) is 59.5 Å². The summed E-state index contributed by atoms with van der Waals surface area (Å²) >= 11 is 0. The zero-order valence-corrected chi connectivity index (χ0v) is 10.9. The van der Waals surface area contributed by atoms with E-state index in [2.05, 4.69) is 9.72 Å². The molecular weight excluding hydrogens is 232 g/mol. The van der Waals surface area contributed by atoms with E-state index in [4.69, 9.17) is 0 Å². The number of carbonyl (C=O) groups is 2. The number of ether oxygens (including phenoxy) is 1. The maximum Gasteiger partial charge on any atom is 0.310 e. The highest BCUT2D eigenvalue weighted by Gasteiger charge is 2.19. The van der Waals surface area contributed by atoms with Gasteiger partial charge < -0.3 is 9.64 Å². The van der Waals surface area contributed by atoms with E-state index in [0.29, 0.717) is 13.1 Å². The summed E-state index contributed by atoms with van der Waals surface area (Å²) in [7, 11) is 1.35. The molecule has 1 unspecified atom stereocenters. The molecule has 0 spiro atoms. The van der Waals surface area contributed by atoms with Gasteiger partial charge in [0.05, 0.1) is 13.0 Å². The maximum absolute atomic E-state index is 11.5. The highest BCUT2D eigenvalue weighted by molar-refractivity contribution is 5.76. The lowest BCUT2D eigenvalue weighted by atomic mass is 10.1. The largest absolute Gasteiger partial charge is 0.469 e. The van der Waals surface area contributed by atoms with Crippen LogP contribution < -0.4 is 0 Å². The quantitative estimate of drug-likeness (QED) is 0.738. The van der Waals surface area contributed by atoms with Crippen molar-refractivity contribution in [3.8, 4) is 0 Å². The fraction of sp³-hybridized carbons (Fsp3) is 0.462. The number of aromatic nitrogens is 1. The van der Waals surface area contributed by atoms with Gasteiger partial charge in [0.25, 0.3) is 0 Å². The molecule has 0 saturated heterocycles. The Kier molecular flexibility index (Phi) is 5.30. The van der Waals surface area contributed by atoms with Gasteiger partial charge in [-0.05, 0) is 11.6 Å². The Bertz CT molecular complexity index is 406. The molecule has 0 N–H and O–H groups in total. The SMILES string of the molecule is COC(=O)C(C)CN(Cc1cccnc1)C(C)=O. The van der Waals surface area contributed by atoms with E-state index in [1.54, 1.807) is 24.2 Å². The van der Waals surface area contributed by atoms with Gasteiger partial charge in [0, 0.05) is 32.4 Å². The van der Waals surface area contributed by atoms with Crippen LogP contribution in [0.4, 0.5) is 0 Å². The van der Waals surface area contributed by atoms with Crippen LogP contribution in [0.3, 0.4) is 0 Å². The normalized spacial score (nSPS) is 11.7. The van der Waals surface area contributed by atoms with Crippen LogP contribution in [0.1, 0.15) is 19.4 Å². The molecule has 0 aliphatic carbocycles. The second kappa shape index (κ2) is 6.74. The van der Waals surface area contributed by atoms with E-state index in [1.165, 1.54) is 14.0 Å². The minimum Gasteiger partial charge on any atom is -0.469 e. The van der Waals surface area contributed by atoms with E-state index in [0.717, 1.165) is 5.56 Å². The Morgan fingerprint density at radius 3 is 2.72 bits per heavy atom. The van der Waals surface area contributed by atoms with Gasteiger partial charge in [0.15, 0.2) is 0 Å². The minimum atomic E-state index is -0.337. The molecule has 0 aliphatic heterocycles. The number of amides is 1. The van der Waals surface area contributed by atoms with Gasteiger partial charge in [-0.3, -0.25) is 14.6 Å². The van der Waals surface area contributed by atoms with Crippen molar-refractivity contribution in [2.45, 2.75) is 20.4 Å². The van der Waals surface area contributed by atoms with Crippen molar-refractivity contribution in [2.75, 3.05) is 13.7 Å². The van der Waals surface area contributed by atoms with Crippen molar-refractivity contribution in [2.24, 2.45) is 5.92 Å². The van der Waals surface area contributed by atoms with Gasteiger partial charge in [-0.1, -0.05) is 13.0 Å². The Morgan fingerprint density at radius 2 is 2.22 bits per heavy atom. The average molecular weight is 250 g/mol. The molecule has 5 nitrogen and oxygen atoms in total. The molecule has 0 radical (unpaired) electrons. The lowest BCUT2D eigenvalue weighted by molar-refractivity contribution is -0.146. The summed E-state index contributed by atoms with van der Waals surface area (Å²) < 4.78 is 4.65. The molecule has 18 heavy (non-hydrogen) atoms. The molecule has 0 saturated carbocycles. The Labute approximate surface area is 107 Å².